The summed E-state index contributed by atoms with van der Waals surface area (Å²) in [6.07, 6.45) is 0.426. The maximum Gasteiger partial charge on any atom is 0.338 e. The Morgan fingerprint density at radius 2 is 1.66 bits per heavy atom. The van der Waals surface area contributed by atoms with Gasteiger partial charge in [-0.15, -0.1) is 0 Å². The number of rotatable bonds is 9. The zero-order chi connectivity index (χ0) is 27.2. The highest BCUT2D eigenvalue weighted by Gasteiger charge is 2.36. The number of amides is 2. The van der Waals surface area contributed by atoms with Gasteiger partial charge in [0.15, 0.2) is 0 Å². The van der Waals surface area contributed by atoms with E-state index in [1.54, 1.807) is 37.1 Å². The molecule has 8 heteroatoms. The van der Waals surface area contributed by atoms with Crippen molar-refractivity contribution in [3.63, 3.8) is 0 Å². The molecule has 0 radical (unpaired) electrons. The molecule has 1 atom stereocenters. The minimum absolute atomic E-state index is 0.0290. The van der Waals surface area contributed by atoms with Crippen LogP contribution in [0.3, 0.4) is 0 Å². The molecule has 1 aliphatic heterocycles. The summed E-state index contributed by atoms with van der Waals surface area (Å²) in [7, 11) is 5.63. The number of anilines is 2. The third-order valence-electron chi connectivity index (χ3n) is 6.37. The Morgan fingerprint density at radius 3 is 2.32 bits per heavy atom. The average molecular weight is 513 g/mol. The fourth-order valence-corrected chi connectivity index (χ4v) is 4.30. The van der Waals surface area contributed by atoms with Gasteiger partial charge in [0, 0.05) is 31.4 Å². The van der Waals surface area contributed by atoms with E-state index in [4.69, 9.17) is 9.73 Å². The van der Waals surface area contributed by atoms with Crippen LogP contribution in [-0.2, 0) is 14.3 Å². The van der Waals surface area contributed by atoms with Crippen molar-refractivity contribution in [1.29, 1.82) is 0 Å². The topological polar surface area (TPSA) is 91.3 Å². The van der Waals surface area contributed by atoms with E-state index in [-0.39, 0.29) is 18.4 Å². The van der Waals surface area contributed by atoms with Crippen molar-refractivity contribution in [1.82, 2.24) is 4.90 Å². The van der Waals surface area contributed by atoms with Crippen LogP contribution in [0.5, 0.6) is 0 Å². The van der Waals surface area contributed by atoms with E-state index in [0.717, 1.165) is 16.8 Å². The monoisotopic (exact) mass is 512 g/mol. The Kier molecular flexibility index (Phi) is 8.33. The Morgan fingerprint density at radius 1 is 0.947 bits per heavy atom. The molecule has 0 aromatic heterocycles. The normalized spacial score (nSPS) is 14.7. The predicted molar refractivity (Wildman–Crippen MR) is 149 cm³/mol. The summed E-state index contributed by atoms with van der Waals surface area (Å²) in [6, 6.07) is 22.0. The number of aliphatic imine (C=N–C) groups is 1. The third kappa shape index (κ3) is 5.98. The van der Waals surface area contributed by atoms with Gasteiger partial charge in [-0.05, 0) is 68.5 Å². The molecule has 38 heavy (non-hydrogen) atoms. The van der Waals surface area contributed by atoms with Crippen molar-refractivity contribution in [3.8, 4) is 0 Å². The molecular formula is C30H32N4O4. The van der Waals surface area contributed by atoms with E-state index in [1.807, 2.05) is 73.6 Å². The van der Waals surface area contributed by atoms with Crippen molar-refractivity contribution in [2.75, 3.05) is 44.5 Å². The molecule has 0 saturated heterocycles. The van der Waals surface area contributed by atoms with Crippen LogP contribution in [0.4, 0.5) is 17.1 Å². The molecule has 1 aliphatic rings. The highest BCUT2D eigenvalue weighted by molar-refractivity contribution is 6.24. The first-order valence-corrected chi connectivity index (χ1v) is 12.6. The second-order valence-electron chi connectivity index (χ2n) is 9.33. The summed E-state index contributed by atoms with van der Waals surface area (Å²) in [6.45, 7) is 2.70. The number of nitrogens with one attached hydrogen (secondary N) is 1. The van der Waals surface area contributed by atoms with Gasteiger partial charge >= 0.3 is 5.97 Å². The van der Waals surface area contributed by atoms with Crippen LogP contribution in [0.2, 0.25) is 0 Å². The first-order chi connectivity index (χ1) is 18.3. The lowest BCUT2D eigenvalue weighted by Gasteiger charge is -2.19. The zero-order valence-electron chi connectivity index (χ0n) is 22.1. The van der Waals surface area contributed by atoms with Gasteiger partial charge in [0.2, 0.25) is 11.8 Å². The van der Waals surface area contributed by atoms with Crippen molar-refractivity contribution >= 4 is 40.6 Å². The van der Waals surface area contributed by atoms with Crippen molar-refractivity contribution in [3.05, 3.63) is 89.5 Å². The van der Waals surface area contributed by atoms with Gasteiger partial charge in [0.05, 0.1) is 23.6 Å². The predicted octanol–water partition coefficient (Wildman–Crippen LogP) is 4.63. The molecule has 0 bridgehead atoms. The van der Waals surface area contributed by atoms with E-state index in [0.29, 0.717) is 35.6 Å². The number of esters is 1. The second kappa shape index (κ2) is 11.8. The van der Waals surface area contributed by atoms with E-state index < -0.39 is 11.9 Å². The maximum absolute atomic E-state index is 13.2. The van der Waals surface area contributed by atoms with Crippen LogP contribution in [-0.4, -0.2) is 62.7 Å². The Labute approximate surface area is 222 Å². The minimum atomic E-state index is -0.654. The number of hydrogen-bond donors (Lipinski definition) is 1. The van der Waals surface area contributed by atoms with E-state index in [9.17, 15) is 14.4 Å². The minimum Gasteiger partial charge on any atom is -0.462 e. The van der Waals surface area contributed by atoms with Gasteiger partial charge in [-0.2, -0.15) is 0 Å². The molecule has 2 amide bonds. The van der Waals surface area contributed by atoms with Gasteiger partial charge in [-0.25, -0.2) is 4.79 Å². The fourth-order valence-electron chi connectivity index (χ4n) is 4.30. The van der Waals surface area contributed by atoms with Crippen LogP contribution in [0, 0.1) is 0 Å². The van der Waals surface area contributed by atoms with Crippen LogP contribution >= 0.6 is 0 Å². The standard InChI is InChI=1S/C30H32N4O4/c1-5-38-30(37)21-11-16-24-25(19-21)32-29(36)27(24)28(20-9-7-6-8-10-20)31-22-12-14-23(15-13-22)34(4)26(35)17-18-33(2)3/h6-16,19,27H,5,17-18H2,1-4H3,(H,32,36). The molecule has 1 heterocycles. The molecule has 4 rings (SSSR count). The molecule has 0 spiro atoms. The maximum atomic E-state index is 13.2. The van der Waals surface area contributed by atoms with Crippen molar-refractivity contribution < 1.29 is 19.1 Å². The van der Waals surface area contributed by atoms with Crippen molar-refractivity contribution in [2.45, 2.75) is 19.3 Å². The SMILES string of the molecule is CCOC(=O)c1ccc2c(c1)NC(=O)C2C(=Nc1ccc(N(C)C(=O)CCN(C)C)cc1)c1ccccc1. The van der Waals surface area contributed by atoms with Crippen LogP contribution in [0.1, 0.15) is 40.7 Å². The molecular weight excluding hydrogens is 480 g/mol. The molecule has 0 aliphatic carbocycles. The van der Waals surface area contributed by atoms with Crippen molar-refractivity contribution in [2.24, 2.45) is 4.99 Å². The molecule has 3 aromatic rings. The Balaban J connectivity index is 1.66. The summed E-state index contributed by atoms with van der Waals surface area (Å²) in [4.78, 5) is 46.5. The Bertz CT molecular complexity index is 1350. The van der Waals surface area contributed by atoms with E-state index >= 15 is 0 Å². The van der Waals surface area contributed by atoms with Crippen LogP contribution in [0.25, 0.3) is 0 Å². The lowest BCUT2D eigenvalue weighted by atomic mass is 9.90. The van der Waals surface area contributed by atoms with Gasteiger partial charge in [-0.3, -0.25) is 14.6 Å². The van der Waals surface area contributed by atoms with Crippen LogP contribution < -0.4 is 10.2 Å². The molecule has 196 valence electrons. The summed E-state index contributed by atoms with van der Waals surface area (Å²) in [5, 5.41) is 2.90. The lowest BCUT2D eigenvalue weighted by Crippen LogP contribution is -2.29. The Hall–Kier alpha value is -4.30. The molecule has 8 nitrogen and oxygen atoms in total. The molecule has 1 unspecified atom stereocenters. The summed E-state index contributed by atoms with van der Waals surface area (Å²) in [5.41, 5.74) is 4.53. The highest BCUT2D eigenvalue weighted by atomic mass is 16.5. The van der Waals surface area contributed by atoms with Gasteiger partial charge in [0.1, 0.15) is 5.92 Å². The quantitative estimate of drug-likeness (QED) is 0.333. The number of nitrogens with zero attached hydrogens (tertiary/aromatic N) is 3. The number of fused-ring (bicyclic) bond motifs is 1. The summed E-state index contributed by atoms with van der Waals surface area (Å²) < 4.78 is 5.10. The number of carbonyl (C=O) groups is 3. The number of carbonyl (C=O) groups excluding carboxylic acids is 3. The van der Waals surface area contributed by atoms with Gasteiger partial charge in [0.25, 0.3) is 0 Å². The molecule has 0 fully saturated rings. The van der Waals surface area contributed by atoms with Gasteiger partial charge in [-0.1, -0.05) is 36.4 Å². The summed E-state index contributed by atoms with van der Waals surface area (Å²) >= 11 is 0. The lowest BCUT2D eigenvalue weighted by molar-refractivity contribution is -0.118. The highest BCUT2D eigenvalue weighted by Crippen LogP contribution is 2.37. The van der Waals surface area contributed by atoms with E-state index in [1.165, 1.54) is 0 Å². The largest absolute Gasteiger partial charge is 0.462 e. The molecule has 0 saturated carbocycles. The van der Waals surface area contributed by atoms with E-state index in [2.05, 4.69) is 5.32 Å². The number of benzene rings is 3. The van der Waals surface area contributed by atoms with Gasteiger partial charge < -0.3 is 19.9 Å². The number of ether oxygens (including phenoxy) is 1. The molecule has 1 N–H and O–H groups in total. The second-order valence-corrected chi connectivity index (χ2v) is 9.33. The number of hydrogen-bond acceptors (Lipinski definition) is 6. The van der Waals surface area contributed by atoms with Crippen LogP contribution in [0.15, 0.2) is 77.8 Å². The first-order valence-electron chi connectivity index (χ1n) is 12.6. The summed E-state index contributed by atoms with van der Waals surface area (Å²) in [5.74, 6) is -1.28. The third-order valence-corrected chi connectivity index (χ3v) is 6.37. The first kappa shape index (κ1) is 26.8. The smallest absolute Gasteiger partial charge is 0.338 e. The zero-order valence-corrected chi connectivity index (χ0v) is 22.1. The molecule has 3 aromatic carbocycles. The fraction of sp³-hybridized carbons (Fsp3) is 0.267. The average Bonchev–Trinajstić information content (AvgIpc) is 3.25.